The van der Waals surface area contributed by atoms with Crippen molar-refractivity contribution in [2.24, 2.45) is 0 Å². The van der Waals surface area contributed by atoms with Crippen LogP contribution in [0.4, 0.5) is 5.69 Å². The lowest BCUT2D eigenvalue weighted by Crippen LogP contribution is -2.36. The Labute approximate surface area is 116 Å². The fourth-order valence-corrected chi connectivity index (χ4v) is 2.57. The number of carbonyl (C=O) groups excluding carboxylic acids is 1. The van der Waals surface area contributed by atoms with Crippen LogP contribution in [0.5, 0.6) is 0 Å². The highest BCUT2D eigenvalue weighted by atomic mass is 16.4. The summed E-state index contributed by atoms with van der Waals surface area (Å²) in [5.41, 5.74) is 1.00. The number of aryl methyl sites for hydroxylation is 1. The van der Waals surface area contributed by atoms with Gasteiger partial charge in [0.05, 0.1) is 6.04 Å². The molecular formula is C15H16N2O3. The second-order valence-electron chi connectivity index (χ2n) is 5.02. The van der Waals surface area contributed by atoms with Crippen LogP contribution in [0.25, 0.3) is 11.0 Å². The van der Waals surface area contributed by atoms with Crippen molar-refractivity contribution in [3.05, 3.63) is 40.2 Å². The highest BCUT2D eigenvalue weighted by Crippen LogP contribution is 2.22. The first-order chi connectivity index (χ1) is 9.66. The molecule has 5 nitrogen and oxygen atoms in total. The molecule has 1 aliphatic rings. The fourth-order valence-electron chi connectivity index (χ4n) is 2.57. The van der Waals surface area contributed by atoms with Crippen molar-refractivity contribution in [2.75, 3.05) is 11.9 Å². The van der Waals surface area contributed by atoms with Crippen molar-refractivity contribution in [1.82, 2.24) is 5.32 Å². The lowest BCUT2D eigenvalue weighted by Gasteiger charge is -2.12. The predicted molar refractivity (Wildman–Crippen MR) is 76.9 cm³/mol. The number of para-hydroxylation sites is 1. The Morgan fingerprint density at radius 2 is 2.20 bits per heavy atom. The summed E-state index contributed by atoms with van der Waals surface area (Å²) >= 11 is 0. The minimum atomic E-state index is -0.507. The number of fused-ring (bicyclic) bond motifs is 1. The number of hydrogen-bond acceptors (Lipinski definition) is 4. The summed E-state index contributed by atoms with van der Waals surface area (Å²) < 4.78 is 5.25. The molecule has 104 valence electrons. The summed E-state index contributed by atoms with van der Waals surface area (Å²) in [5.74, 6) is -0.173. The fraction of sp³-hybridized carbons (Fsp3) is 0.333. The van der Waals surface area contributed by atoms with Crippen LogP contribution in [0.1, 0.15) is 18.4 Å². The minimum absolute atomic E-state index is 0.173. The zero-order valence-electron chi connectivity index (χ0n) is 11.2. The predicted octanol–water partition coefficient (Wildman–Crippen LogP) is 1.79. The molecule has 0 unspecified atom stereocenters. The molecular weight excluding hydrogens is 256 g/mol. The van der Waals surface area contributed by atoms with Gasteiger partial charge in [0.25, 0.3) is 0 Å². The van der Waals surface area contributed by atoms with Gasteiger partial charge >= 0.3 is 5.63 Å². The average molecular weight is 272 g/mol. The second kappa shape index (κ2) is 5.09. The van der Waals surface area contributed by atoms with Gasteiger partial charge in [-0.05, 0) is 37.9 Å². The third kappa shape index (κ3) is 2.20. The van der Waals surface area contributed by atoms with Gasteiger partial charge in [-0.2, -0.15) is 0 Å². The zero-order valence-corrected chi connectivity index (χ0v) is 11.2. The molecule has 1 aromatic heterocycles. The molecule has 0 radical (unpaired) electrons. The number of rotatable bonds is 2. The zero-order chi connectivity index (χ0) is 14.1. The van der Waals surface area contributed by atoms with Gasteiger partial charge in [0, 0.05) is 5.39 Å². The van der Waals surface area contributed by atoms with E-state index < -0.39 is 5.63 Å². The van der Waals surface area contributed by atoms with Crippen molar-refractivity contribution in [3.63, 3.8) is 0 Å². The molecule has 5 heteroatoms. The molecule has 1 atom stereocenters. The van der Waals surface area contributed by atoms with E-state index in [4.69, 9.17) is 4.42 Å². The SMILES string of the molecule is Cc1c(NC(=O)[C@@H]2CCCN2)c(=O)oc2ccccc12. The molecule has 1 saturated heterocycles. The molecule has 1 amide bonds. The van der Waals surface area contributed by atoms with Crippen LogP contribution in [0.2, 0.25) is 0 Å². The third-order valence-corrected chi connectivity index (χ3v) is 3.70. The van der Waals surface area contributed by atoms with Crippen LogP contribution in [0, 0.1) is 6.92 Å². The molecule has 2 heterocycles. The van der Waals surface area contributed by atoms with E-state index in [0.29, 0.717) is 5.58 Å². The molecule has 0 bridgehead atoms. The molecule has 0 spiro atoms. The smallest absolute Gasteiger partial charge is 0.360 e. The lowest BCUT2D eigenvalue weighted by atomic mass is 10.1. The van der Waals surface area contributed by atoms with Crippen LogP contribution in [-0.4, -0.2) is 18.5 Å². The van der Waals surface area contributed by atoms with Crippen LogP contribution in [0.15, 0.2) is 33.5 Å². The summed E-state index contributed by atoms with van der Waals surface area (Å²) in [6.07, 6.45) is 1.77. The van der Waals surface area contributed by atoms with E-state index in [9.17, 15) is 9.59 Å². The van der Waals surface area contributed by atoms with E-state index >= 15 is 0 Å². The van der Waals surface area contributed by atoms with Gasteiger partial charge in [-0.1, -0.05) is 18.2 Å². The molecule has 20 heavy (non-hydrogen) atoms. The normalized spacial score (nSPS) is 18.4. The number of nitrogens with one attached hydrogen (secondary N) is 2. The molecule has 0 aliphatic carbocycles. The van der Waals surface area contributed by atoms with Crippen molar-refractivity contribution >= 4 is 22.6 Å². The third-order valence-electron chi connectivity index (χ3n) is 3.70. The molecule has 1 fully saturated rings. The Bertz CT molecular complexity index is 715. The van der Waals surface area contributed by atoms with E-state index in [2.05, 4.69) is 10.6 Å². The van der Waals surface area contributed by atoms with E-state index in [1.165, 1.54) is 0 Å². The van der Waals surface area contributed by atoms with E-state index in [1.807, 2.05) is 25.1 Å². The lowest BCUT2D eigenvalue weighted by molar-refractivity contribution is -0.117. The molecule has 3 rings (SSSR count). The van der Waals surface area contributed by atoms with Crippen LogP contribution in [-0.2, 0) is 4.79 Å². The Kier molecular flexibility index (Phi) is 3.28. The quantitative estimate of drug-likeness (QED) is 0.818. The van der Waals surface area contributed by atoms with Gasteiger partial charge in [0.15, 0.2) is 0 Å². The van der Waals surface area contributed by atoms with Gasteiger partial charge in [-0.15, -0.1) is 0 Å². The highest BCUT2D eigenvalue weighted by Gasteiger charge is 2.24. The molecule has 2 aromatic rings. The van der Waals surface area contributed by atoms with Crippen LogP contribution < -0.4 is 16.3 Å². The van der Waals surface area contributed by atoms with Gasteiger partial charge < -0.3 is 15.1 Å². The Balaban J connectivity index is 1.98. The number of amides is 1. The maximum Gasteiger partial charge on any atom is 0.360 e. The number of carbonyl (C=O) groups is 1. The summed E-state index contributed by atoms with van der Waals surface area (Å²) in [6, 6.07) is 7.08. The summed E-state index contributed by atoms with van der Waals surface area (Å²) in [6.45, 7) is 2.65. The largest absolute Gasteiger partial charge is 0.421 e. The summed E-state index contributed by atoms with van der Waals surface area (Å²) in [7, 11) is 0. The molecule has 1 aromatic carbocycles. The number of anilines is 1. The van der Waals surface area contributed by atoms with E-state index in [0.717, 1.165) is 30.3 Å². The van der Waals surface area contributed by atoms with Gasteiger partial charge in [-0.25, -0.2) is 4.79 Å². The van der Waals surface area contributed by atoms with Crippen molar-refractivity contribution in [2.45, 2.75) is 25.8 Å². The molecule has 2 N–H and O–H groups in total. The Morgan fingerprint density at radius 1 is 1.40 bits per heavy atom. The standard InChI is InChI=1S/C15H16N2O3/c1-9-10-5-2-3-7-12(10)20-15(19)13(9)17-14(18)11-6-4-8-16-11/h2-3,5,7,11,16H,4,6,8H2,1H3,(H,17,18)/t11-/m0/s1. The molecule has 0 saturated carbocycles. The first kappa shape index (κ1) is 12.9. The summed E-state index contributed by atoms with van der Waals surface area (Å²) in [5, 5.41) is 6.65. The van der Waals surface area contributed by atoms with Crippen LogP contribution >= 0.6 is 0 Å². The monoisotopic (exact) mass is 272 g/mol. The van der Waals surface area contributed by atoms with Crippen LogP contribution in [0.3, 0.4) is 0 Å². The average Bonchev–Trinajstić information content (AvgIpc) is 2.97. The van der Waals surface area contributed by atoms with Gasteiger partial charge in [0.2, 0.25) is 5.91 Å². The van der Waals surface area contributed by atoms with E-state index in [-0.39, 0.29) is 17.6 Å². The Hall–Kier alpha value is -2.14. The maximum atomic E-state index is 12.1. The highest BCUT2D eigenvalue weighted by molar-refractivity contribution is 5.97. The number of benzene rings is 1. The van der Waals surface area contributed by atoms with Crippen molar-refractivity contribution in [1.29, 1.82) is 0 Å². The van der Waals surface area contributed by atoms with Gasteiger partial charge in [-0.3, -0.25) is 4.79 Å². The maximum absolute atomic E-state index is 12.1. The first-order valence-electron chi connectivity index (χ1n) is 6.73. The minimum Gasteiger partial charge on any atom is -0.421 e. The number of hydrogen-bond donors (Lipinski definition) is 2. The first-order valence-corrected chi connectivity index (χ1v) is 6.73. The summed E-state index contributed by atoms with van der Waals surface area (Å²) in [4.78, 5) is 24.1. The van der Waals surface area contributed by atoms with Crippen molar-refractivity contribution in [3.8, 4) is 0 Å². The Morgan fingerprint density at radius 3 is 2.95 bits per heavy atom. The van der Waals surface area contributed by atoms with E-state index in [1.54, 1.807) is 6.07 Å². The topological polar surface area (TPSA) is 71.3 Å². The second-order valence-corrected chi connectivity index (χ2v) is 5.02. The van der Waals surface area contributed by atoms with Crippen molar-refractivity contribution < 1.29 is 9.21 Å². The molecule has 1 aliphatic heterocycles. The van der Waals surface area contributed by atoms with Gasteiger partial charge in [0.1, 0.15) is 11.3 Å².